The number of rotatable bonds is 0. The van der Waals surface area contributed by atoms with Gasteiger partial charge in [-0.25, -0.2) is 4.98 Å². The Labute approximate surface area is 111 Å². The van der Waals surface area contributed by atoms with E-state index in [1.165, 1.54) is 10.9 Å². The Morgan fingerprint density at radius 1 is 0.737 bits per heavy atom. The van der Waals surface area contributed by atoms with Gasteiger partial charge in [-0.05, 0) is 29.7 Å². The average Bonchev–Trinajstić information content (AvgIpc) is 3.22. The maximum Gasteiger partial charge on any atom is 0.0919 e. The van der Waals surface area contributed by atoms with Gasteiger partial charge in [0.2, 0.25) is 0 Å². The SMILES string of the molecule is c1c[nH]cn1.c1cc[nH]c1.c1ccc2[nH]ccc2c1. The molecule has 0 fully saturated rings. The second-order valence-corrected chi connectivity index (χ2v) is 3.71. The van der Waals surface area contributed by atoms with Crippen molar-refractivity contribution in [2.75, 3.05) is 0 Å². The third kappa shape index (κ3) is 4.55. The van der Waals surface area contributed by atoms with Gasteiger partial charge < -0.3 is 15.0 Å². The van der Waals surface area contributed by atoms with Crippen molar-refractivity contribution >= 4 is 10.9 Å². The van der Waals surface area contributed by atoms with E-state index in [2.05, 4.69) is 38.1 Å². The molecule has 0 bridgehead atoms. The van der Waals surface area contributed by atoms with Crippen LogP contribution in [0.5, 0.6) is 0 Å². The molecular weight excluding hydrogens is 236 g/mol. The first-order valence-corrected chi connectivity index (χ1v) is 5.99. The van der Waals surface area contributed by atoms with E-state index in [1.807, 2.05) is 42.9 Å². The lowest BCUT2D eigenvalue weighted by Crippen LogP contribution is -1.61. The lowest BCUT2D eigenvalue weighted by atomic mass is 10.3. The first-order valence-electron chi connectivity index (χ1n) is 5.99. The van der Waals surface area contributed by atoms with Gasteiger partial charge >= 0.3 is 0 Å². The molecule has 0 aliphatic carbocycles. The molecule has 4 aromatic rings. The largest absolute Gasteiger partial charge is 0.368 e. The van der Waals surface area contributed by atoms with Crippen molar-refractivity contribution in [1.29, 1.82) is 0 Å². The normalized spacial score (nSPS) is 9.05. The van der Waals surface area contributed by atoms with Gasteiger partial charge in [0.15, 0.2) is 0 Å². The maximum atomic E-state index is 3.67. The van der Waals surface area contributed by atoms with Crippen molar-refractivity contribution in [2.24, 2.45) is 0 Å². The lowest BCUT2D eigenvalue weighted by Gasteiger charge is -1.83. The predicted octanol–water partition coefficient (Wildman–Crippen LogP) is 3.59. The monoisotopic (exact) mass is 252 g/mol. The van der Waals surface area contributed by atoms with E-state index in [0.29, 0.717) is 0 Å². The number of benzene rings is 1. The Bertz CT molecular complexity index is 545. The summed E-state index contributed by atoms with van der Waals surface area (Å²) in [5, 5.41) is 1.28. The minimum Gasteiger partial charge on any atom is -0.368 e. The van der Waals surface area contributed by atoms with Crippen LogP contribution in [0.15, 0.2) is 79.8 Å². The fourth-order valence-electron chi connectivity index (χ4n) is 1.49. The summed E-state index contributed by atoms with van der Waals surface area (Å²) < 4.78 is 0. The number of nitrogens with one attached hydrogen (secondary N) is 3. The van der Waals surface area contributed by atoms with E-state index in [1.54, 1.807) is 18.7 Å². The van der Waals surface area contributed by atoms with Crippen molar-refractivity contribution in [3.05, 3.63) is 79.8 Å². The molecule has 0 amide bonds. The van der Waals surface area contributed by atoms with Crippen LogP contribution in [-0.2, 0) is 0 Å². The lowest BCUT2D eigenvalue weighted by molar-refractivity contribution is 1.31. The number of imidazole rings is 1. The van der Waals surface area contributed by atoms with Crippen LogP contribution in [0, 0.1) is 0 Å². The van der Waals surface area contributed by atoms with Crippen molar-refractivity contribution in [2.45, 2.75) is 0 Å². The molecule has 0 saturated heterocycles. The highest BCUT2D eigenvalue weighted by molar-refractivity contribution is 5.78. The van der Waals surface area contributed by atoms with Gasteiger partial charge in [-0.3, -0.25) is 0 Å². The minimum atomic E-state index is 1.21. The van der Waals surface area contributed by atoms with Gasteiger partial charge in [0.1, 0.15) is 0 Å². The highest BCUT2D eigenvalue weighted by atomic mass is 14.8. The Morgan fingerprint density at radius 2 is 1.58 bits per heavy atom. The third-order valence-electron chi connectivity index (χ3n) is 2.36. The average molecular weight is 252 g/mol. The van der Waals surface area contributed by atoms with Crippen LogP contribution in [0.3, 0.4) is 0 Å². The number of aromatic amines is 3. The zero-order chi connectivity index (χ0) is 13.2. The summed E-state index contributed by atoms with van der Waals surface area (Å²) >= 11 is 0. The zero-order valence-corrected chi connectivity index (χ0v) is 10.5. The summed E-state index contributed by atoms with van der Waals surface area (Å²) in [5.74, 6) is 0. The van der Waals surface area contributed by atoms with Crippen LogP contribution in [-0.4, -0.2) is 19.9 Å². The van der Waals surface area contributed by atoms with Crippen molar-refractivity contribution in [3.8, 4) is 0 Å². The number of hydrogen-bond acceptors (Lipinski definition) is 1. The molecule has 4 heteroatoms. The van der Waals surface area contributed by atoms with Crippen LogP contribution >= 0.6 is 0 Å². The van der Waals surface area contributed by atoms with Gasteiger partial charge in [0, 0.05) is 36.5 Å². The van der Waals surface area contributed by atoms with E-state index in [-0.39, 0.29) is 0 Å². The van der Waals surface area contributed by atoms with E-state index >= 15 is 0 Å². The van der Waals surface area contributed by atoms with E-state index < -0.39 is 0 Å². The van der Waals surface area contributed by atoms with Crippen LogP contribution in [0.1, 0.15) is 0 Å². The molecular formula is C15H16N4. The smallest absolute Gasteiger partial charge is 0.0919 e. The summed E-state index contributed by atoms with van der Waals surface area (Å²) in [6.07, 6.45) is 10.8. The number of para-hydroxylation sites is 1. The minimum absolute atomic E-state index is 1.21. The molecule has 19 heavy (non-hydrogen) atoms. The predicted molar refractivity (Wildman–Crippen MR) is 77.7 cm³/mol. The van der Waals surface area contributed by atoms with E-state index in [4.69, 9.17) is 0 Å². The molecule has 96 valence electrons. The summed E-state index contributed by atoms with van der Waals surface area (Å²) in [7, 11) is 0. The van der Waals surface area contributed by atoms with E-state index in [0.717, 1.165) is 0 Å². The summed E-state index contributed by atoms with van der Waals surface area (Å²) in [6, 6.07) is 14.2. The quantitative estimate of drug-likeness (QED) is 0.440. The van der Waals surface area contributed by atoms with Crippen LogP contribution in [0.25, 0.3) is 10.9 Å². The molecule has 0 saturated carbocycles. The summed E-state index contributed by atoms with van der Waals surface area (Å²) in [6.45, 7) is 0. The van der Waals surface area contributed by atoms with Gasteiger partial charge in [0.25, 0.3) is 0 Å². The van der Waals surface area contributed by atoms with Crippen LogP contribution < -0.4 is 0 Å². The highest BCUT2D eigenvalue weighted by Gasteiger charge is 1.86. The first-order chi connectivity index (χ1) is 9.47. The third-order valence-corrected chi connectivity index (χ3v) is 2.36. The number of hydrogen-bond donors (Lipinski definition) is 3. The summed E-state index contributed by atoms with van der Waals surface area (Å²) in [4.78, 5) is 12.4. The van der Waals surface area contributed by atoms with Crippen molar-refractivity contribution < 1.29 is 0 Å². The highest BCUT2D eigenvalue weighted by Crippen LogP contribution is 2.09. The van der Waals surface area contributed by atoms with E-state index in [9.17, 15) is 0 Å². The number of H-pyrrole nitrogens is 3. The number of fused-ring (bicyclic) bond motifs is 1. The standard InChI is InChI=1S/C8H7N.C4H5N.C3H4N2/c1-2-4-8-7(3-1)5-6-9-8;1-2-4-5-3-1;1-2-5-3-4-1/h1-6,9H;1-5H;1-3H,(H,4,5). The topological polar surface area (TPSA) is 60.3 Å². The van der Waals surface area contributed by atoms with Crippen LogP contribution in [0.2, 0.25) is 0 Å². The molecule has 3 N–H and O–H groups in total. The van der Waals surface area contributed by atoms with Gasteiger partial charge in [-0.2, -0.15) is 0 Å². The Hall–Kier alpha value is -2.75. The molecule has 0 unspecified atom stereocenters. The Balaban J connectivity index is 0.000000114. The summed E-state index contributed by atoms with van der Waals surface area (Å²) in [5.41, 5.74) is 1.21. The molecule has 3 aromatic heterocycles. The first kappa shape index (κ1) is 12.7. The molecule has 4 nitrogen and oxygen atoms in total. The molecule has 4 rings (SSSR count). The molecule has 0 aliphatic rings. The van der Waals surface area contributed by atoms with Gasteiger partial charge in [-0.15, -0.1) is 0 Å². The number of aromatic nitrogens is 4. The molecule has 0 spiro atoms. The Morgan fingerprint density at radius 3 is 2.11 bits per heavy atom. The zero-order valence-electron chi connectivity index (χ0n) is 10.5. The molecule has 0 aliphatic heterocycles. The fourth-order valence-corrected chi connectivity index (χ4v) is 1.49. The molecule has 0 atom stereocenters. The second-order valence-electron chi connectivity index (χ2n) is 3.71. The molecule has 0 radical (unpaired) electrons. The van der Waals surface area contributed by atoms with Crippen LogP contribution in [0.4, 0.5) is 0 Å². The molecule has 1 aromatic carbocycles. The Kier molecular flexibility index (Phi) is 5.05. The maximum absolute atomic E-state index is 3.67. The second kappa shape index (κ2) is 7.55. The van der Waals surface area contributed by atoms with Crippen molar-refractivity contribution in [3.63, 3.8) is 0 Å². The molecule has 3 heterocycles. The van der Waals surface area contributed by atoms with Crippen molar-refractivity contribution in [1.82, 2.24) is 19.9 Å². The van der Waals surface area contributed by atoms with Gasteiger partial charge in [-0.1, -0.05) is 18.2 Å². The number of nitrogens with zero attached hydrogens (tertiary/aromatic N) is 1. The fraction of sp³-hybridized carbons (Fsp3) is 0. The van der Waals surface area contributed by atoms with Gasteiger partial charge in [0.05, 0.1) is 6.33 Å².